The van der Waals surface area contributed by atoms with Gasteiger partial charge in [-0.1, -0.05) is 17.7 Å². The van der Waals surface area contributed by atoms with Crippen LogP contribution in [0.15, 0.2) is 24.5 Å². The van der Waals surface area contributed by atoms with Crippen molar-refractivity contribution in [2.75, 3.05) is 13.2 Å². The molecule has 0 spiro atoms. The van der Waals surface area contributed by atoms with Crippen LogP contribution in [0.2, 0.25) is 5.02 Å². The van der Waals surface area contributed by atoms with E-state index in [1.165, 1.54) is 6.07 Å². The first-order valence-corrected chi connectivity index (χ1v) is 6.74. The third-order valence-corrected chi connectivity index (χ3v) is 3.37. The number of aromatic nitrogens is 2. The van der Waals surface area contributed by atoms with E-state index in [2.05, 4.69) is 9.97 Å². The molecule has 2 N–H and O–H groups in total. The molecule has 2 aromatic rings. The number of nitrogens with one attached hydrogen (secondary N) is 1. The normalized spacial score (nSPS) is 11.2. The van der Waals surface area contributed by atoms with E-state index in [1.54, 1.807) is 18.5 Å². The second kappa shape index (κ2) is 6.83. The largest absolute Gasteiger partial charge is 0.395 e. The molecule has 0 bridgehead atoms. The van der Waals surface area contributed by atoms with E-state index in [-0.39, 0.29) is 12.4 Å². The molecule has 0 atom stereocenters. The van der Waals surface area contributed by atoms with E-state index in [0.717, 1.165) is 11.4 Å². The molecule has 1 aromatic carbocycles. The molecule has 0 unspecified atom stereocenters. The zero-order valence-electron chi connectivity index (χ0n) is 11.2. The number of halogens is 2. The van der Waals surface area contributed by atoms with Gasteiger partial charge in [-0.25, -0.2) is 9.37 Å². The monoisotopic (exact) mass is 297 g/mol. The fourth-order valence-corrected chi connectivity index (χ4v) is 2.16. The van der Waals surface area contributed by atoms with Crippen LogP contribution in [0.1, 0.15) is 17.0 Å². The lowest BCUT2D eigenvalue weighted by Gasteiger charge is -2.21. The van der Waals surface area contributed by atoms with Gasteiger partial charge in [0, 0.05) is 35.9 Å². The van der Waals surface area contributed by atoms with E-state index in [1.807, 2.05) is 11.8 Å². The van der Waals surface area contributed by atoms with E-state index in [9.17, 15) is 4.39 Å². The Morgan fingerprint density at radius 1 is 1.40 bits per heavy atom. The number of nitrogens with zero attached hydrogens (tertiary/aromatic N) is 2. The number of H-pyrrole nitrogens is 1. The standard InChI is InChI=1S/C14H17ClFN3O/c1-10-14(18-9-17-10)8-19(4-5-20)7-11-2-3-12(15)6-13(11)16/h2-3,6,9,20H,4-5,7-8H2,1H3,(H,17,18). The number of aromatic amines is 1. The molecule has 0 aliphatic rings. The summed E-state index contributed by atoms with van der Waals surface area (Å²) in [5, 5.41) is 9.52. The van der Waals surface area contributed by atoms with Crippen molar-refractivity contribution in [1.29, 1.82) is 0 Å². The Morgan fingerprint density at radius 2 is 2.20 bits per heavy atom. The molecule has 0 radical (unpaired) electrons. The van der Waals surface area contributed by atoms with Gasteiger partial charge in [-0.3, -0.25) is 4.90 Å². The van der Waals surface area contributed by atoms with E-state index in [0.29, 0.717) is 30.2 Å². The Labute approximate surface area is 122 Å². The minimum atomic E-state index is -0.334. The van der Waals surface area contributed by atoms with Gasteiger partial charge in [0.05, 0.1) is 18.6 Å². The van der Waals surface area contributed by atoms with Gasteiger partial charge in [0.2, 0.25) is 0 Å². The third-order valence-electron chi connectivity index (χ3n) is 3.13. The molecule has 0 aliphatic carbocycles. The van der Waals surface area contributed by atoms with Crippen molar-refractivity contribution in [2.24, 2.45) is 0 Å². The molecule has 4 nitrogen and oxygen atoms in total. The fourth-order valence-electron chi connectivity index (χ4n) is 2.00. The number of aryl methyl sites for hydroxylation is 1. The third kappa shape index (κ3) is 3.79. The van der Waals surface area contributed by atoms with Crippen molar-refractivity contribution in [1.82, 2.24) is 14.9 Å². The van der Waals surface area contributed by atoms with Crippen LogP contribution in [0.4, 0.5) is 4.39 Å². The van der Waals surface area contributed by atoms with Gasteiger partial charge in [0.25, 0.3) is 0 Å². The predicted molar refractivity (Wildman–Crippen MR) is 75.9 cm³/mol. The number of imidazole rings is 1. The molecular formula is C14H17ClFN3O. The van der Waals surface area contributed by atoms with Gasteiger partial charge in [0.15, 0.2) is 0 Å². The second-order valence-corrected chi connectivity index (χ2v) is 5.08. The quantitative estimate of drug-likeness (QED) is 0.861. The van der Waals surface area contributed by atoms with Gasteiger partial charge in [-0.05, 0) is 19.1 Å². The maximum atomic E-state index is 13.8. The zero-order valence-corrected chi connectivity index (χ0v) is 12.0. The highest BCUT2D eigenvalue weighted by Gasteiger charge is 2.12. The van der Waals surface area contributed by atoms with Gasteiger partial charge in [-0.15, -0.1) is 0 Å². The summed E-state index contributed by atoms with van der Waals surface area (Å²) in [6, 6.07) is 4.63. The van der Waals surface area contributed by atoms with Crippen LogP contribution in [0.25, 0.3) is 0 Å². The average molecular weight is 298 g/mol. The molecule has 108 valence electrons. The number of hydrogen-bond donors (Lipinski definition) is 2. The molecule has 1 aromatic heterocycles. The smallest absolute Gasteiger partial charge is 0.129 e. The maximum absolute atomic E-state index is 13.8. The topological polar surface area (TPSA) is 52.2 Å². The van der Waals surface area contributed by atoms with Gasteiger partial charge >= 0.3 is 0 Å². The molecule has 0 saturated heterocycles. The summed E-state index contributed by atoms with van der Waals surface area (Å²) in [7, 11) is 0. The van der Waals surface area contributed by atoms with Crippen molar-refractivity contribution in [3.8, 4) is 0 Å². The first kappa shape index (κ1) is 15.0. The Kier molecular flexibility index (Phi) is 5.11. The molecule has 0 aliphatic heterocycles. The van der Waals surface area contributed by atoms with Crippen LogP contribution >= 0.6 is 11.6 Å². The zero-order chi connectivity index (χ0) is 14.5. The lowest BCUT2D eigenvalue weighted by atomic mass is 10.2. The maximum Gasteiger partial charge on any atom is 0.129 e. The Balaban J connectivity index is 2.11. The molecule has 2 rings (SSSR count). The summed E-state index contributed by atoms with van der Waals surface area (Å²) in [5.74, 6) is -0.334. The van der Waals surface area contributed by atoms with E-state index < -0.39 is 0 Å². The Hall–Kier alpha value is -1.43. The first-order valence-electron chi connectivity index (χ1n) is 6.36. The first-order chi connectivity index (χ1) is 9.60. The number of aliphatic hydroxyl groups is 1. The lowest BCUT2D eigenvalue weighted by molar-refractivity contribution is 0.181. The SMILES string of the molecule is Cc1[nH]cnc1CN(CCO)Cc1ccc(Cl)cc1F. The van der Waals surface area contributed by atoms with Crippen LogP contribution < -0.4 is 0 Å². The van der Waals surface area contributed by atoms with Crippen LogP contribution in [-0.4, -0.2) is 33.1 Å². The van der Waals surface area contributed by atoms with Gasteiger partial charge in [-0.2, -0.15) is 0 Å². The second-order valence-electron chi connectivity index (χ2n) is 4.64. The fraction of sp³-hybridized carbons (Fsp3) is 0.357. The van der Waals surface area contributed by atoms with E-state index in [4.69, 9.17) is 16.7 Å². The summed E-state index contributed by atoms with van der Waals surface area (Å²) in [4.78, 5) is 9.17. The lowest BCUT2D eigenvalue weighted by Crippen LogP contribution is -2.27. The molecule has 6 heteroatoms. The van der Waals surface area contributed by atoms with Crippen molar-refractivity contribution < 1.29 is 9.50 Å². The Bertz CT molecular complexity index is 573. The molecule has 0 saturated carbocycles. The van der Waals surface area contributed by atoms with Gasteiger partial charge < -0.3 is 10.1 Å². The van der Waals surface area contributed by atoms with Crippen LogP contribution in [0, 0.1) is 12.7 Å². The number of rotatable bonds is 6. The van der Waals surface area contributed by atoms with Crippen molar-refractivity contribution >= 4 is 11.6 Å². The molecule has 0 amide bonds. The number of aliphatic hydroxyl groups excluding tert-OH is 1. The predicted octanol–water partition coefficient (Wildman–Crippen LogP) is 2.51. The van der Waals surface area contributed by atoms with Crippen LogP contribution in [-0.2, 0) is 13.1 Å². The van der Waals surface area contributed by atoms with Crippen molar-refractivity contribution in [3.05, 3.63) is 52.3 Å². The minimum absolute atomic E-state index is 0.0126. The number of hydrogen-bond acceptors (Lipinski definition) is 3. The molecule has 20 heavy (non-hydrogen) atoms. The average Bonchev–Trinajstić information content (AvgIpc) is 2.79. The summed E-state index contributed by atoms with van der Waals surface area (Å²) in [6.45, 7) is 3.35. The Morgan fingerprint density at radius 3 is 2.80 bits per heavy atom. The number of benzene rings is 1. The molecule has 0 fully saturated rings. The van der Waals surface area contributed by atoms with Crippen LogP contribution in [0.5, 0.6) is 0 Å². The van der Waals surface area contributed by atoms with Gasteiger partial charge in [0.1, 0.15) is 5.82 Å². The van der Waals surface area contributed by atoms with Crippen molar-refractivity contribution in [3.63, 3.8) is 0 Å². The summed E-state index contributed by atoms with van der Waals surface area (Å²) >= 11 is 5.74. The summed E-state index contributed by atoms with van der Waals surface area (Å²) in [5.41, 5.74) is 2.42. The summed E-state index contributed by atoms with van der Waals surface area (Å²) in [6.07, 6.45) is 1.63. The highest BCUT2D eigenvalue weighted by atomic mass is 35.5. The van der Waals surface area contributed by atoms with E-state index >= 15 is 0 Å². The highest BCUT2D eigenvalue weighted by Crippen LogP contribution is 2.17. The highest BCUT2D eigenvalue weighted by molar-refractivity contribution is 6.30. The van der Waals surface area contributed by atoms with Crippen molar-refractivity contribution in [2.45, 2.75) is 20.0 Å². The molecule has 1 heterocycles. The minimum Gasteiger partial charge on any atom is -0.395 e. The molecular weight excluding hydrogens is 281 g/mol. The summed E-state index contributed by atoms with van der Waals surface area (Å²) < 4.78 is 13.8. The van der Waals surface area contributed by atoms with Crippen LogP contribution in [0.3, 0.4) is 0 Å².